The van der Waals surface area contributed by atoms with Crippen molar-refractivity contribution in [3.8, 4) is 0 Å². The van der Waals surface area contributed by atoms with Crippen molar-refractivity contribution in [2.45, 2.75) is 38.8 Å². The van der Waals surface area contributed by atoms with Crippen molar-refractivity contribution < 1.29 is 9.59 Å². The van der Waals surface area contributed by atoms with Crippen LogP contribution < -0.4 is 5.32 Å². The molecule has 1 fully saturated rings. The number of carbonyl (C=O) groups excluding carboxylic acids is 2. The molecular weight excluding hydrogens is 240 g/mol. The fraction of sp³-hybridized carbons (Fsp3) is 0.467. The number of rotatable bonds is 4. The first-order valence-electron chi connectivity index (χ1n) is 6.74. The molecule has 4 nitrogen and oxygen atoms in total. The third-order valence-electron chi connectivity index (χ3n) is 3.57. The van der Waals surface area contributed by atoms with Gasteiger partial charge >= 0.3 is 0 Å². The lowest BCUT2D eigenvalue weighted by molar-refractivity contribution is -0.148. The van der Waals surface area contributed by atoms with Crippen LogP contribution in [0.1, 0.15) is 25.8 Å². The normalized spacial score (nSPS) is 23.4. The number of hydrogen-bond donors (Lipinski definition) is 1. The summed E-state index contributed by atoms with van der Waals surface area (Å²) >= 11 is 0. The Labute approximate surface area is 113 Å². The summed E-state index contributed by atoms with van der Waals surface area (Å²) in [6, 6.07) is 9.41. The van der Waals surface area contributed by atoms with Crippen molar-refractivity contribution in [2.75, 3.05) is 6.54 Å². The Bertz CT molecular complexity index is 458. The number of amides is 2. The number of hydrogen-bond acceptors (Lipinski definition) is 2. The highest BCUT2D eigenvalue weighted by Crippen LogP contribution is 2.11. The van der Waals surface area contributed by atoms with Gasteiger partial charge in [0.05, 0.1) is 0 Å². The third kappa shape index (κ3) is 3.13. The topological polar surface area (TPSA) is 49.4 Å². The van der Waals surface area contributed by atoms with E-state index in [-0.39, 0.29) is 17.9 Å². The fourth-order valence-corrected chi connectivity index (χ4v) is 2.38. The minimum Gasteiger partial charge on any atom is -0.343 e. The zero-order valence-electron chi connectivity index (χ0n) is 11.4. The van der Waals surface area contributed by atoms with Crippen molar-refractivity contribution in [1.29, 1.82) is 0 Å². The van der Waals surface area contributed by atoms with Crippen LogP contribution in [0.25, 0.3) is 0 Å². The van der Waals surface area contributed by atoms with Crippen LogP contribution in [0.4, 0.5) is 0 Å². The van der Waals surface area contributed by atoms with Crippen LogP contribution in [-0.2, 0) is 16.0 Å². The van der Waals surface area contributed by atoms with Gasteiger partial charge in [-0.15, -0.1) is 0 Å². The van der Waals surface area contributed by atoms with E-state index in [1.165, 1.54) is 5.56 Å². The lowest BCUT2D eigenvalue weighted by Crippen LogP contribution is -2.61. The third-order valence-corrected chi connectivity index (χ3v) is 3.57. The van der Waals surface area contributed by atoms with Gasteiger partial charge < -0.3 is 10.2 Å². The van der Waals surface area contributed by atoms with Crippen LogP contribution in [-0.4, -0.2) is 35.3 Å². The molecule has 1 heterocycles. The van der Waals surface area contributed by atoms with Crippen LogP contribution in [0.3, 0.4) is 0 Å². The van der Waals surface area contributed by atoms with Gasteiger partial charge in [-0.2, -0.15) is 0 Å². The molecule has 1 saturated heterocycles. The van der Waals surface area contributed by atoms with E-state index < -0.39 is 6.04 Å². The highest BCUT2D eigenvalue weighted by molar-refractivity contribution is 5.96. The van der Waals surface area contributed by atoms with Gasteiger partial charge in [-0.1, -0.05) is 30.3 Å². The largest absolute Gasteiger partial charge is 0.343 e. The highest BCUT2D eigenvalue weighted by Gasteiger charge is 2.34. The molecule has 0 bridgehead atoms. The molecule has 1 aromatic carbocycles. The quantitative estimate of drug-likeness (QED) is 0.888. The van der Waals surface area contributed by atoms with Crippen LogP contribution in [0, 0.1) is 0 Å². The van der Waals surface area contributed by atoms with Gasteiger partial charge in [-0.3, -0.25) is 9.59 Å². The first kappa shape index (κ1) is 13.6. The maximum absolute atomic E-state index is 12.0. The van der Waals surface area contributed by atoms with Crippen molar-refractivity contribution in [2.24, 2.45) is 0 Å². The molecule has 0 spiro atoms. The molecule has 102 valence electrons. The Morgan fingerprint density at radius 1 is 1.16 bits per heavy atom. The summed E-state index contributed by atoms with van der Waals surface area (Å²) in [7, 11) is 0. The second-order valence-corrected chi connectivity index (χ2v) is 5.03. The SMILES string of the molecule is CC1NC(=O)C(C)N(CCCc2ccccc2)C1=O. The second kappa shape index (κ2) is 5.87. The monoisotopic (exact) mass is 260 g/mol. The van der Waals surface area contributed by atoms with Gasteiger partial charge in [-0.25, -0.2) is 0 Å². The van der Waals surface area contributed by atoms with Gasteiger partial charge in [-0.05, 0) is 32.3 Å². The Balaban J connectivity index is 1.90. The zero-order valence-corrected chi connectivity index (χ0v) is 11.4. The van der Waals surface area contributed by atoms with Crippen LogP contribution in [0.15, 0.2) is 30.3 Å². The molecule has 2 rings (SSSR count). The van der Waals surface area contributed by atoms with Crippen molar-refractivity contribution >= 4 is 11.8 Å². The van der Waals surface area contributed by atoms with E-state index in [4.69, 9.17) is 0 Å². The molecule has 0 saturated carbocycles. The summed E-state index contributed by atoms with van der Waals surface area (Å²) in [6.45, 7) is 4.14. The van der Waals surface area contributed by atoms with Crippen molar-refractivity contribution in [1.82, 2.24) is 10.2 Å². The van der Waals surface area contributed by atoms with E-state index >= 15 is 0 Å². The molecule has 1 aromatic rings. The number of benzene rings is 1. The number of aryl methyl sites for hydroxylation is 1. The zero-order chi connectivity index (χ0) is 13.8. The molecule has 2 amide bonds. The number of piperazine rings is 1. The maximum Gasteiger partial charge on any atom is 0.245 e. The average Bonchev–Trinajstić information content (AvgIpc) is 2.42. The van der Waals surface area contributed by atoms with Crippen LogP contribution in [0.2, 0.25) is 0 Å². The summed E-state index contributed by atoms with van der Waals surface area (Å²) in [5.41, 5.74) is 1.26. The smallest absolute Gasteiger partial charge is 0.245 e. The first-order chi connectivity index (χ1) is 9.09. The molecule has 1 N–H and O–H groups in total. The molecular formula is C15H20N2O2. The van der Waals surface area contributed by atoms with E-state index in [1.807, 2.05) is 18.2 Å². The van der Waals surface area contributed by atoms with Crippen LogP contribution in [0.5, 0.6) is 0 Å². The summed E-state index contributed by atoms with van der Waals surface area (Å²) in [5, 5.41) is 2.69. The molecule has 2 unspecified atom stereocenters. The standard InChI is InChI=1S/C15H20N2O2/c1-11-15(19)17(12(2)14(18)16-11)10-6-9-13-7-4-3-5-8-13/h3-5,7-8,11-12H,6,9-10H2,1-2H3,(H,16,18). The summed E-state index contributed by atoms with van der Waals surface area (Å²) < 4.78 is 0. The minimum atomic E-state index is -0.402. The summed E-state index contributed by atoms with van der Waals surface area (Å²) in [6.07, 6.45) is 1.80. The number of nitrogens with zero attached hydrogens (tertiary/aromatic N) is 1. The van der Waals surface area contributed by atoms with E-state index in [0.29, 0.717) is 6.54 Å². The fourth-order valence-electron chi connectivity index (χ4n) is 2.38. The van der Waals surface area contributed by atoms with E-state index in [9.17, 15) is 9.59 Å². The van der Waals surface area contributed by atoms with Gasteiger partial charge in [0.25, 0.3) is 0 Å². The predicted octanol–water partition coefficient (Wildman–Crippen LogP) is 1.35. The van der Waals surface area contributed by atoms with Gasteiger partial charge in [0.15, 0.2) is 0 Å². The Hall–Kier alpha value is -1.84. The summed E-state index contributed by atoms with van der Waals surface area (Å²) in [5.74, 6) is -0.0491. The average molecular weight is 260 g/mol. The molecule has 4 heteroatoms. The molecule has 19 heavy (non-hydrogen) atoms. The lowest BCUT2D eigenvalue weighted by Gasteiger charge is -2.36. The summed E-state index contributed by atoms with van der Waals surface area (Å²) in [4.78, 5) is 25.4. The van der Waals surface area contributed by atoms with Gasteiger partial charge in [0, 0.05) is 6.54 Å². The molecule has 1 aliphatic heterocycles. The van der Waals surface area contributed by atoms with Crippen molar-refractivity contribution in [3.05, 3.63) is 35.9 Å². The molecule has 1 aliphatic rings. The molecule has 0 aromatic heterocycles. The van der Waals surface area contributed by atoms with E-state index in [2.05, 4.69) is 17.4 Å². The number of carbonyl (C=O) groups is 2. The predicted molar refractivity (Wildman–Crippen MR) is 73.5 cm³/mol. The molecule has 0 radical (unpaired) electrons. The van der Waals surface area contributed by atoms with Crippen molar-refractivity contribution in [3.63, 3.8) is 0 Å². The maximum atomic E-state index is 12.0. The second-order valence-electron chi connectivity index (χ2n) is 5.03. The van der Waals surface area contributed by atoms with E-state index in [0.717, 1.165) is 12.8 Å². The Morgan fingerprint density at radius 3 is 2.53 bits per heavy atom. The van der Waals surface area contributed by atoms with Gasteiger partial charge in [0.1, 0.15) is 12.1 Å². The first-order valence-corrected chi connectivity index (χ1v) is 6.74. The van der Waals surface area contributed by atoms with E-state index in [1.54, 1.807) is 18.7 Å². The molecule has 2 atom stereocenters. The lowest BCUT2D eigenvalue weighted by atomic mass is 10.1. The van der Waals surface area contributed by atoms with Crippen LogP contribution >= 0.6 is 0 Å². The Kier molecular flexibility index (Phi) is 4.20. The highest BCUT2D eigenvalue weighted by atomic mass is 16.2. The van der Waals surface area contributed by atoms with Gasteiger partial charge in [0.2, 0.25) is 11.8 Å². The Morgan fingerprint density at radius 2 is 1.84 bits per heavy atom. The number of nitrogens with one attached hydrogen (secondary N) is 1. The minimum absolute atomic E-state index is 0.0140. The molecule has 0 aliphatic carbocycles.